The Morgan fingerprint density at radius 1 is 0.203 bits per heavy atom. The summed E-state index contributed by atoms with van der Waals surface area (Å²) in [7, 11) is 0. The van der Waals surface area contributed by atoms with Crippen LogP contribution in [0.5, 0.6) is 0 Å². The minimum atomic E-state index is 1.10. The normalized spacial score (nSPS) is 11.8. The Kier molecular flexibility index (Phi) is 10.3. The van der Waals surface area contributed by atoms with Gasteiger partial charge in [-0.15, -0.1) is 0 Å². The first-order valence-electron chi connectivity index (χ1n) is 27.2. The van der Waals surface area contributed by atoms with Crippen molar-refractivity contribution in [2.45, 2.75) is 0 Å². The molecule has 3 nitrogen and oxygen atoms in total. The first-order chi connectivity index (χ1) is 39.2. The molecule has 0 aliphatic rings. The van der Waals surface area contributed by atoms with Crippen LogP contribution >= 0.6 is 0 Å². The standard InChI is InChI=1S/C76H49N3/c1-4-17-50(18-5-1)54-33-41-73-68(45-54)69-46-55(51-19-6-2-7-20-51)34-42-74(69)79(73)60-39-44-76-71(49-60)70-47-56(52-31-36-58(37-32-52)77(57-23-8-3-9-24-57)72-30-16-22-53-21-10-11-25-61(53)72)35-43-75(70)78(76)59-38-40-66-64-28-13-12-26-62(64)63-27-14-15-29-65(63)67(66)48-59/h1-49H. The number of anilines is 3. The Morgan fingerprint density at radius 3 is 1.09 bits per heavy atom. The molecule has 0 aliphatic carbocycles. The number of aromatic nitrogens is 2. The molecule has 0 unspecified atom stereocenters. The van der Waals surface area contributed by atoms with Crippen LogP contribution in [0.15, 0.2) is 297 Å². The number of hydrogen-bond donors (Lipinski definition) is 0. The molecule has 0 saturated carbocycles. The summed E-state index contributed by atoms with van der Waals surface area (Å²) in [6.45, 7) is 0. The van der Waals surface area contributed by atoms with Gasteiger partial charge in [0.05, 0.1) is 27.8 Å². The molecule has 3 heteroatoms. The monoisotopic (exact) mass is 1000 g/mol. The second-order valence-electron chi connectivity index (χ2n) is 20.8. The molecule has 16 aromatic rings. The first-order valence-corrected chi connectivity index (χ1v) is 27.2. The van der Waals surface area contributed by atoms with Gasteiger partial charge >= 0.3 is 0 Å². The zero-order valence-electron chi connectivity index (χ0n) is 43.1. The number of fused-ring (bicyclic) bond motifs is 13. The highest BCUT2D eigenvalue weighted by Crippen LogP contribution is 2.44. The summed E-state index contributed by atoms with van der Waals surface area (Å²) < 4.78 is 4.96. The van der Waals surface area contributed by atoms with Crippen molar-refractivity contribution in [3.63, 3.8) is 0 Å². The van der Waals surface area contributed by atoms with Crippen molar-refractivity contribution in [3.05, 3.63) is 297 Å². The largest absolute Gasteiger partial charge is 0.310 e. The third-order valence-corrected chi connectivity index (χ3v) is 16.5. The summed E-state index contributed by atoms with van der Waals surface area (Å²) >= 11 is 0. The quantitative estimate of drug-likeness (QED) is 0.138. The average molecular weight is 1000 g/mol. The van der Waals surface area contributed by atoms with E-state index in [1.54, 1.807) is 0 Å². The van der Waals surface area contributed by atoms with Crippen LogP contribution in [0, 0.1) is 0 Å². The molecule has 0 N–H and O–H groups in total. The molecule has 0 spiro atoms. The van der Waals surface area contributed by atoms with Gasteiger partial charge in [-0.2, -0.15) is 0 Å². The van der Waals surface area contributed by atoms with Crippen LogP contribution in [0.2, 0.25) is 0 Å². The number of rotatable bonds is 8. The van der Waals surface area contributed by atoms with E-state index < -0.39 is 0 Å². The summed E-state index contributed by atoms with van der Waals surface area (Å²) in [6.07, 6.45) is 0. The van der Waals surface area contributed by atoms with E-state index in [-0.39, 0.29) is 0 Å². The van der Waals surface area contributed by atoms with Gasteiger partial charge in [-0.05, 0) is 168 Å². The van der Waals surface area contributed by atoms with Crippen LogP contribution in [0.25, 0.3) is 131 Å². The predicted molar refractivity (Wildman–Crippen MR) is 336 cm³/mol. The Bertz CT molecular complexity index is 4910. The molecule has 2 heterocycles. The molecule has 0 radical (unpaired) electrons. The van der Waals surface area contributed by atoms with Gasteiger partial charge in [-0.1, -0.05) is 200 Å². The van der Waals surface area contributed by atoms with Gasteiger partial charge in [0.25, 0.3) is 0 Å². The lowest BCUT2D eigenvalue weighted by molar-refractivity contribution is 1.17. The molecule has 0 atom stereocenters. The molecule has 2 aromatic heterocycles. The van der Waals surface area contributed by atoms with Crippen LogP contribution in [-0.4, -0.2) is 9.13 Å². The minimum absolute atomic E-state index is 1.10. The highest BCUT2D eigenvalue weighted by Gasteiger charge is 2.21. The maximum Gasteiger partial charge on any atom is 0.0542 e. The molecule has 368 valence electrons. The average Bonchev–Trinajstić information content (AvgIpc) is 4.28. The van der Waals surface area contributed by atoms with E-state index in [1.807, 2.05) is 0 Å². The SMILES string of the molecule is c1ccc(-c2ccc3c(c2)c2cc(-c4ccccc4)ccc2n3-c2ccc3c(c2)c2cc(-c4ccc(N(c5ccccc5)c5cccc6ccccc56)cc4)ccc2n3-c2ccc3c4ccccc4c4ccccc4c3c2)cc1. The maximum atomic E-state index is 2.48. The first kappa shape index (κ1) is 44.8. The van der Waals surface area contributed by atoms with E-state index >= 15 is 0 Å². The summed E-state index contributed by atoms with van der Waals surface area (Å²) in [5.74, 6) is 0. The molecule has 0 bridgehead atoms. The van der Waals surface area contributed by atoms with Gasteiger partial charge in [0, 0.05) is 49.7 Å². The second-order valence-corrected chi connectivity index (χ2v) is 20.8. The smallest absolute Gasteiger partial charge is 0.0542 e. The molecule has 0 amide bonds. The lowest BCUT2D eigenvalue weighted by Gasteiger charge is -2.27. The predicted octanol–water partition coefficient (Wildman–Crippen LogP) is 21.0. The third-order valence-electron chi connectivity index (χ3n) is 16.5. The van der Waals surface area contributed by atoms with Gasteiger partial charge in [0.1, 0.15) is 0 Å². The van der Waals surface area contributed by atoms with Crippen molar-refractivity contribution in [2.24, 2.45) is 0 Å². The van der Waals surface area contributed by atoms with Crippen LogP contribution in [0.1, 0.15) is 0 Å². The fourth-order valence-corrected chi connectivity index (χ4v) is 12.8. The molecule has 0 aliphatic heterocycles. The van der Waals surface area contributed by atoms with Gasteiger partial charge in [-0.3, -0.25) is 0 Å². The number of benzene rings is 14. The van der Waals surface area contributed by atoms with E-state index in [0.29, 0.717) is 0 Å². The summed E-state index contributed by atoms with van der Waals surface area (Å²) in [6, 6.07) is 109. The van der Waals surface area contributed by atoms with Crippen molar-refractivity contribution in [2.75, 3.05) is 4.90 Å². The summed E-state index contributed by atoms with van der Waals surface area (Å²) in [5, 5.41) is 14.9. The Balaban J connectivity index is 0.905. The van der Waals surface area contributed by atoms with Crippen molar-refractivity contribution in [3.8, 4) is 44.8 Å². The lowest BCUT2D eigenvalue weighted by atomic mass is 9.94. The number of para-hydroxylation sites is 1. The fraction of sp³-hybridized carbons (Fsp3) is 0. The highest BCUT2D eigenvalue weighted by atomic mass is 15.1. The number of hydrogen-bond acceptors (Lipinski definition) is 1. The molecule has 79 heavy (non-hydrogen) atoms. The van der Waals surface area contributed by atoms with Gasteiger partial charge in [0.15, 0.2) is 0 Å². The molecular weight excluding hydrogens is 955 g/mol. The van der Waals surface area contributed by atoms with Gasteiger partial charge in [0.2, 0.25) is 0 Å². The van der Waals surface area contributed by atoms with Crippen LogP contribution in [0.4, 0.5) is 17.1 Å². The van der Waals surface area contributed by atoms with Gasteiger partial charge in [-0.25, -0.2) is 0 Å². The lowest BCUT2D eigenvalue weighted by Crippen LogP contribution is -2.10. The molecule has 14 aromatic carbocycles. The summed E-state index contributed by atoms with van der Waals surface area (Å²) in [5.41, 5.74) is 17.4. The Morgan fingerprint density at radius 2 is 0.557 bits per heavy atom. The van der Waals surface area contributed by atoms with E-state index in [1.165, 1.54) is 97.9 Å². The topological polar surface area (TPSA) is 13.1 Å². The van der Waals surface area contributed by atoms with Crippen LogP contribution in [-0.2, 0) is 0 Å². The van der Waals surface area contributed by atoms with Crippen molar-refractivity contribution >= 4 is 104 Å². The Hall–Kier alpha value is -10.5. The summed E-state index contributed by atoms with van der Waals surface area (Å²) in [4.78, 5) is 2.37. The van der Waals surface area contributed by atoms with Crippen LogP contribution in [0.3, 0.4) is 0 Å². The maximum absolute atomic E-state index is 2.48. The van der Waals surface area contributed by atoms with Crippen molar-refractivity contribution in [1.29, 1.82) is 0 Å². The van der Waals surface area contributed by atoms with Crippen molar-refractivity contribution < 1.29 is 0 Å². The number of nitrogens with zero attached hydrogens (tertiary/aromatic N) is 3. The molecule has 16 rings (SSSR count). The van der Waals surface area contributed by atoms with E-state index in [0.717, 1.165) is 50.6 Å². The minimum Gasteiger partial charge on any atom is -0.310 e. The molecule has 0 fully saturated rings. The molecular formula is C76H49N3. The van der Waals surface area contributed by atoms with Gasteiger partial charge < -0.3 is 14.0 Å². The Labute approximate surface area is 457 Å². The van der Waals surface area contributed by atoms with E-state index in [4.69, 9.17) is 0 Å². The molecule has 0 saturated heterocycles. The van der Waals surface area contributed by atoms with E-state index in [2.05, 4.69) is 311 Å². The van der Waals surface area contributed by atoms with Crippen molar-refractivity contribution in [1.82, 2.24) is 9.13 Å². The van der Waals surface area contributed by atoms with E-state index in [9.17, 15) is 0 Å². The third kappa shape index (κ3) is 7.28. The van der Waals surface area contributed by atoms with Crippen LogP contribution < -0.4 is 4.90 Å². The highest BCUT2D eigenvalue weighted by molar-refractivity contribution is 6.26. The zero-order valence-corrected chi connectivity index (χ0v) is 43.1. The zero-order chi connectivity index (χ0) is 52.0. The fourth-order valence-electron chi connectivity index (χ4n) is 12.8. The second kappa shape index (κ2) is 18.1.